The second-order valence-electron chi connectivity index (χ2n) is 4.32. The summed E-state index contributed by atoms with van der Waals surface area (Å²) >= 11 is 5.69. The van der Waals surface area contributed by atoms with Crippen molar-refractivity contribution in [2.24, 2.45) is 5.92 Å². The third-order valence-corrected chi connectivity index (χ3v) is 4.28. The first-order valence-electron chi connectivity index (χ1n) is 5.13. The Balaban J connectivity index is 3.10. The largest absolute Gasteiger partial charge is 0.296 e. The standard InChI is InChI=1S/C9H14ClNO5S/c1-3-4-6-7(12)9(2,5-17(14,15)16)11(10)8(6)13/h6H,3-5H2,1-2H3,(H,14,15,16). The SMILES string of the molecule is CCCC1C(=O)N(Cl)C(C)(CS(=O)(=O)O)C1=O. The minimum atomic E-state index is -4.39. The van der Waals surface area contributed by atoms with E-state index in [9.17, 15) is 18.0 Å². The van der Waals surface area contributed by atoms with Gasteiger partial charge in [0.05, 0.1) is 0 Å². The van der Waals surface area contributed by atoms with Crippen LogP contribution in [0, 0.1) is 5.92 Å². The number of Topliss-reactive ketones (excluding diaryl/α,β-unsaturated/α-hetero) is 1. The number of carbonyl (C=O) groups excluding carboxylic acids is 2. The van der Waals surface area contributed by atoms with E-state index in [4.69, 9.17) is 16.3 Å². The molecule has 2 atom stereocenters. The van der Waals surface area contributed by atoms with Crippen molar-refractivity contribution in [1.29, 1.82) is 0 Å². The van der Waals surface area contributed by atoms with Crippen molar-refractivity contribution in [2.45, 2.75) is 32.2 Å². The molecule has 1 amide bonds. The van der Waals surface area contributed by atoms with Crippen LogP contribution in [-0.2, 0) is 19.7 Å². The molecule has 2 unspecified atom stereocenters. The van der Waals surface area contributed by atoms with Gasteiger partial charge in [0.15, 0.2) is 5.78 Å². The zero-order valence-corrected chi connectivity index (χ0v) is 11.1. The second kappa shape index (κ2) is 4.55. The summed E-state index contributed by atoms with van der Waals surface area (Å²) in [6.07, 6.45) is 0.927. The van der Waals surface area contributed by atoms with Crippen LogP contribution in [0.4, 0.5) is 0 Å². The molecule has 17 heavy (non-hydrogen) atoms. The van der Waals surface area contributed by atoms with Crippen LogP contribution >= 0.6 is 11.8 Å². The van der Waals surface area contributed by atoms with E-state index < -0.39 is 39.0 Å². The maximum atomic E-state index is 12.0. The van der Waals surface area contributed by atoms with E-state index in [1.165, 1.54) is 6.92 Å². The van der Waals surface area contributed by atoms with Gasteiger partial charge in [-0.1, -0.05) is 13.3 Å². The zero-order chi connectivity index (χ0) is 13.4. The van der Waals surface area contributed by atoms with E-state index in [1.54, 1.807) is 6.92 Å². The molecular weight excluding hydrogens is 270 g/mol. The molecule has 1 rings (SSSR count). The Morgan fingerprint density at radius 1 is 1.47 bits per heavy atom. The maximum Gasteiger partial charge on any atom is 0.267 e. The molecule has 1 heterocycles. The van der Waals surface area contributed by atoms with Crippen LogP contribution in [0.15, 0.2) is 0 Å². The highest BCUT2D eigenvalue weighted by atomic mass is 35.5. The van der Waals surface area contributed by atoms with Crippen molar-refractivity contribution in [3.05, 3.63) is 0 Å². The van der Waals surface area contributed by atoms with E-state index in [0.717, 1.165) is 0 Å². The summed E-state index contributed by atoms with van der Waals surface area (Å²) in [6.45, 7) is 3.04. The first-order chi connectivity index (χ1) is 7.63. The van der Waals surface area contributed by atoms with Gasteiger partial charge in [-0.2, -0.15) is 8.42 Å². The average molecular weight is 284 g/mol. The molecule has 1 N–H and O–H groups in total. The van der Waals surface area contributed by atoms with Crippen LogP contribution < -0.4 is 0 Å². The number of ketones is 1. The third kappa shape index (κ3) is 2.61. The fourth-order valence-electron chi connectivity index (χ4n) is 1.99. The highest BCUT2D eigenvalue weighted by molar-refractivity contribution is 7.85. The van der Waals surface area contributed by atoms with E-state index in [2.05, 4.69) is 0 Å². The number of hydrogen-bond acceptors (Lipinski definition) is 4. The van der Waals surface area contributed by atoms with Crippen molar-refractivity contribution in [3.63, 3.8) is 0 Å². The Morgan fingerprint density at radius 3 is 2.41 bits per heavy atom. The molecule has 0 aliphatic carbocycles. The highest BCUT2D eigenvalue weighted by Gasteiger charge is 2.56. The Kier molecular flexibility index (Phi) is 3.85. The van der Waals surface area contributed by atoms with E-state index in [-0.39, 0.29) is 0 Å². The van der Waals surface area contributed by atoms with Crippen LogP contribution in [0.2, 0.25) is 0 Å². The lowest BCUT2D eigenvalue weighted by Gasteiger charge is -2.25. The molecule has 0 radical (unpaired) electrons. The number of carbonyl (C=O) groups is 2. The average Bonchev–Trinajstić information content (AvgIpc) is 2.32. The summed E-state index contributed by atoms with van der Waals surface area (Å²) in [6, 6.07) is 0. The summed E-state index contributed by atoms with van der Waals surface area (Å²) in [4.78, 5) is 23.7. The summed E-state index contributed by atoms with van der Waals surface area (Å²) in [5, 5.41) is 0. The minimum absolute atomic E-state index is 0.321. The quantitative estimate of drug-likeness (QED) is 0.464. The Hall–Kier alpha value is -0.660. The van der Waals surface area contributed by atoms with E-state index in [1.807, 2.05) is 0 Å². The van der Waals surface area contributed by atoms with Crippen molar-refractivity contribution in [2.75, 3.05) is 5.75 Å². The second-order valence-corrected chi connectivity index (χ2v) is 6.12. The normalized spacial score (nSPS) is 30.1. The summed E-state index contributed by atoms with van der Waals surface area (Å²) in [5.74, 6) is -2.96. The minimum Gasteiger partial charge on any atom is -0.296 e. The van der Waals surface area contributed by atoms with Gasteiger partial charge < -0.3 is 0 Å². The van der Waals surface area contributed by atoms with Crippen LogP contribution in [0.5, 0.6) is 0 Å². The van der Waals surface area contributed by atoms with Gasteiger partial charge in [-0.15, -0.1) is 0 Å². The molecule has 1 aliphatic heterocycles. The molecule has 1 fully saturated rings. The fourth-order valence-corrected chi connectivity index (χ4v) is 3.30. The lowest BCUT2D eigenvalue weighted by atomic mass is 9.92. The topological polar surface area (TPSA) is 91.8 Å². The van der Waals surface area contributed by atoms with Gasteiger partial charge in [0.25, 0.3) is 10.1 Å². The van der Waals surface area contributed by atoms with Crippen molar-refractivity contribution in [1.82, 2.24) is 4.42 Å². The first kappa shape index (κ1) is 14.4. The molecule has 0 aromatic heterocycles. The molecule has 0 aromatic carbocycles. The smallest absolute Gasteiger partial charge is 0.267 e. The predicted octanol–water partition coefficient (Wildman–Crippen LogP) is 0.614. The van der Waals surface area contributed by atoms with Gasteiger partial charge in [-0.3, -0.25) is 14.1 Å². The van der Waals surface area contributed by atoms with Crippen LogP contribution in [0.25, 0.3) is 0 Å². The number of nitrogens with zero attached hydrogens (tertiary/aromatic N) is 1. The van der Waals surface area contributed by atoms with E-state index >= 15 is 0 Å². The Labute approximate surface area is 105 Å². The first-order valence-corrected chi connectivity index (χ1v) is 7.07. The molecule has 0 spiro atoms. The molecule has 0 bridgehead atoms. The van der Waals surface area contributed by atoms with Gasteiger partial charge in [-0.05, 0) is 13.3 Å². The van der Waals surface area contributed by atoms with Crippen LogP contribution in [-0.4, -0.2) is 40.4 Å². The van der Waals surface area contributed by atoms with Gasteiger partial charge in [0.1, 0.15) is 17.2 Å². The number of amides is 1. The Bertz CT molecular complexity index is 448. The number of hydrogen-bond donors (Lipinski definition) is 1. The molecule has 6 nitrogen and oxygen atoms in total. The third-order valence-electron chi connectivity index (χ3n) is 2.81. The molecule has 8 heteroatoms. The maximum absolute atomic E-state index is 12.0. The van der Waals surface area contributed by atoms with Crippen molar-refractivity contribution >= 4 is 33.6 Å². The fraction of sp³-hybridized carbons (Fsp3) is 0.778. The summed E-state index contributed by atoms with van der Waals surface area (Å²) in [7, 11) is -4.39. The van der Waals surface area contributed by atoms with Gasteiger partial charge in [-0.25, -0.2) is 4.42 Å². The van der Waals surface area contributed by atoms with Gasteiger partial charge in [0.2, 0.25) is 5.91 Å². The molecule has 1 saturated heterocycles. The monoisotopic (exact) mass is 283 g/mol. The molecule has 0 aromatic rings. The molecule has 0 saturated carbocycles. The number of rotatable bonds is 4. The zero-order valence-electron chi connectivity index (χ0n) is 9.51. The molecule has 1 aliphatic rings. The predicted molar refractivity (Wildman–Crippen MR) is 60.9 cm³/mol. The van der Waals surface area contributed by atoms with Gasteiger partial charge >= 0.3 is 0 Å². The Morgan fingerprint density at radius 2 is 2.00 bits per heavy atom. The molecule has 98 valence electrons. The lowest BCUT2D eigenvalue weighted by molar-refractivity contribution is -0.129. The number of halogens is 1. The summed E-state index contributed by atoms with van der Waals surface area (Å²) < 4.78 is 31.1. The van der Waals surface area contributed by atoms with Crippen molar-refractivity contribution in [3.8, 4) is 0 Å². The molecular formula is C9H14ClNO5S. The van der Waals surface area contributed by atoms with E-state index in [0.29, 0.717) is 17.3 Å². The summed E-state index contributed by atoms with van der Waals surface area (Å²) in [5.41, 5.74) is -1.69. The highest BCUT2D eigenvalue weighted by Crippen LogP contribution is 2.35. The van der Waals surface area contributed by atoms with Gasteiger partial charge in [0, 0.05) is 11.8 Å². The lowest BCUT2D eigenvalue weighted by Crippen LogP contribution is -2.47. The van der Waals surface area contributed by atoms with Crippen LogP contribution in [0.3, 0.4) is 0 Å². The van der Waals surface area contributed by atoms with Crippen molar-refractivity contribution < 1.29 is 22.6 Å². The van der Waals surface area contributed by atoms with Crippen LogP contribution in [0.1, 0.15) is 26.7 Å².